The zero-order valence-electron chi connectivity index (χ0n) is 15.7. The monoisotopic (exact) mass is 390 g/mol. The first kappa shape index (κ1) is 18.5. The second-order valence-electron chi connectivity index (χ2n) is 6.91. The van der Waals surface area contributed by atoms with Crippen LogP contribution < -0.4 is 5.32 Å². The lowest BCUT2D eigenvalue weighted by molar-refractivity contribution is 0.358. The summed E-state index contributed by atoms with van der Waals surface area (Å²) in [6, 6.07) is 14.7. The minimum Gasteiger partial charge on any atom is -0.367 e. The molecule has 0 bridgehead atoms. The molecule has 4 rings (SSSR count). The van der Waals surface area contributed by atoms with Crippen LogP contribution in [0.2, 0.25) is 0 Å². The zero-order valence-corrected chi connectivity index (χ0v) is 16.6. The van der Waals surface area contributed by atoms with Crippen molar-refractivity contribution in [3.8, 4) is 17.2 Å². The summed E-state index contributed by atoms with van der Waals surface area (Å²) in [6.07, 6.45) is 7.71. The maximum absolute atomic E-state index is 9.01. The average Bonchev–Trinajstić information content (AvgIpc) is 3.16. The fourth-order valence-corrected chi connectivity index (χ4v) is 4.26. The van der Waals surface area contributed by atoms with Crippen LogP contribution in [0.5, 0.6) is 0 Å². The molecule has 0 aliphatic carbocycles. The Kier molecular flexibility index (Phi) is 5.60. The third kappa shape index (κ3) is 4.53. The SMILES string of the molecule is Cn1cc(-c2ccc(SN3CCC(Nc4cc(C#N)ccn4)CC3)cc2)cn1. The molecule has 2 aromatic heterocycles. The van der Waals surface area contributed by atoms with Crippen LogP contribution in [0, 0.1) is 11.3 Å². The molecule has 0 amide bonds. The molecule has 6 nitrogen and oxygen atoms in total. The molecule has 1 aliphatic rings. The molecule has 0 unspecified atom stereocenters. The topological polar surface area (TPSA) is 69.8 Å². The predicted molar refractivity (Wildman–Crippen MR) is 112 cm³/mol. The number of rotatable bonds is 5. The molecule has 142 valence electrons. The highest BCUT2D eigenvalue weighted by molar-refractivity contribution is 7.97. The summed E-state index contributed by atoms with van der Waals surface area (Å²) < 4.78 is 4.23. The van der Waals surface area contributed by atoms with Crippen molar-refractivity contribution in [3.63, 3.8) is 0 Å². The van der Waals surface area contributed by atoms with E-state index in [1.54, 1.807) is 12.3 Å². The first-order valence-electron chi connectivity index (χ1n) is 9.34. The van der Waals surface area contributed by atoms with Crippen LogP contribution in [0.25, 0.3) is 11.1 Å². The molecule has 0 saturated carbocycles. The van der Waals surface area contributed by atoms with E-state index in [0.29, 0.717) is 11.6 Å². The lowest BCUT2D eigenvalue weighted by atomic mass is 10.1. The average molecular weight is 391 g/mol. The smallest absolute Gasteiger partial charge is 0.127 e. The van der Waals surface area contributed by atoms with E-state index < -0.39 is 0 Å². The Balaban J connectivity index is 1.29. The Morgan fingerprint density at radius 1 is 1.14 bits per heavy atom. The first-order valence-corrected chi connectivity index (χ1v) is 10.1. The van der Waals surface area contributed by atoms with Crippen molar-refractivity contribution in [1.82, 2.24) is 19.1 Å². The van der Waals surface area contributed by atoms with Gasteiger partial charge in [0.2, 0.25) is 0 Å². The highest BCUT2D eigenvalue weighted by atomic mass is 32.2. The summed E-state index contributed by atoms with van der Waals surface area (Å²) >= 11 is 1.81. The van der Waals surface area contributed by atoms with Crippen LogP contribution in [-0.2, 0) is 7.05 Å². The van der Waals surface area contributed by atoms with E-state index in [2.05, 4.69) is 50.0 Å². The van der Waals surface area contributed by atoms with Gasteiger partial charge in [0.25, 0.3) is 0 Å². The van der Waals surface area contributed by atoms with Gasteiger partial charge in [-0.15, -0.1) is 0 Å². The molecule has 28 heavy (non-hydrogen) atoms. The summed E-state index contributed by atoms with van der Waals surface area (Å²) in [5.74, 6) is 0.788. The Bertz CT molecular complexity index is 967. The van der Waals surface area contributed by atoms with Gasteiger partial charge in [-0.1, -0.05) is 12.1 Å². The quantitative estimate of drug-likeness (QED) is 0.666. The van der Waals surface area contributed by atoms with Gasteiger partial charge in [-0.25, -0.2) is 9.29 Å². The number of nitriles is 1. The lowest BCUT2D eigenvalue weighted by Gasteiger charge is -2.31. The van der Waals surface area contributed by atoms with Gasteiger partial charge in [-0.3, -0.25) is 4.68 Å². The van der Waals surface area contributed by atoms with E-state index in [-0.39, 0.29) is 0 Å². The van der Waals surface area contributed by atoms with Crippen molar-refractivity contribution in [2.75, 3.05) is 18.4 Å². The largest absolute Gasteiger partial charge is 0.367 e. The highest BCUT2D eigenvalue weighted by Crippen LogP contribution is 2.29. The summed E-state index contributed by atoms with van der Waals surface area (Å²) in [7, 11) is 1.93. The maximum atomic E-state index is 9.01. The lowest BCUT2D eigenvalue weighted by Crippen LogP contribution is -2.35. The number of benzene rings is 1. The summed E-state index contributed by atoms with van der Waals surface area (Å²) in [5, 5.41) is 16.7. The minimum absolute atomic E-state index is 0.395. The van der Waals surface area contributed by atoms with Gasteiger partial charge < -0.3 is 5.32 Å². The van der Waals surface area contributed by atoms with Crippen molar-refractivity contribution in [1.29, 1.82) is 5.26 Å². The zero-order chi connectivity index (χ0) is 19.3. The van der Waals surface area contributed by atoms with E-state index in [4.69, 9.17) is 5.26 Å². The number of hydrogen-bond donors (Lipinski definition) is 1. The normalized spacial score (nSPS) is 15.3. The number of piperidine rings is 1. The Morgan fingerprint density at radius 2 is 1.93 bits per heavy atom. The van der Waals surface area contributed by atoms with Crippen LogP contribution >= 0.6 is 11.9 Å². The molecule has 7 heteroatoms. The van der Waals surface area contributed by atoms with Gasteiger partial charge in [0.05, 0.1) is 17.8 Å². The number of nitrogens with zero attached hydrogens (tertiary/aromatic N) is 5. The molecule has 1 aliphatic heterocycles. The minimum atomic E-state index is 0.395. The van der Waals surface area contributed by atoms with Gasteiger partial charge in [-0.2, -0.15) is 10.4 Å². The van der Waals surface area contributed by atoms with Crippen molar-refractivity contribution in [2.45, 2.75) is 23.8 Å². The fraction of sp³-hybridized carbons (Fsp3) is 0.286. The van der Waals surface area contributed by atoms with Crippen LogP contribution in [0.4, 0.5) is 5.82 Å². The van der Waals surface area contributed by atoms with Gasteiger partial charge in [0.15, 0.2) is 0 Å². The number of pyridine rings is 1. The molecular formula is C21H22N6S. The number of anilines is 1. The molecular weight excluding hydrogens is 368 g/mol. The van der Waals surface area contributed by atoms with Crippen molar-refractivity contribution < 1.29 is 0 Å². The number of nitrogens with one attached hydrogen (secondary N) is 1. The molecule has 0 atom stereocenters. The van der Waals surface area contributed by atoms with E-state index in [1.165, 1.54) is 10.5 Å². The molecule has 3 heterocycles. The summed E-state index contributed by atoms with van der Waals surface area (Å²) in [5.41, 5.74) is 2.97. The molecule has 0 spiro atoms. The first-order chi connectivity index (χ1) is 13.7. The van der Waals surface area contributed by atoms with E-state index in [0.717, 1.165) is 37.3 Å². The van der Waals surface area contributed by atoms with Crippen LogP contribution in [0.1, 0.15) is 18.4 Å². The molecule has 1 aromatic carbocycles. The molecule has 1 fully saturated rings. The Morgan fingerprint density at radius 3 is 2.61 bits per heavy atom. The van der Waals surface area contributed by atoms with Crippen LogP contribution in [0.15, 0.2) is 59.9 Å². The van der Waals surface area contributed by atoms with Crippen LogP contribution in [0.3, 0.4) is 0 Å². The number of hydrogen-bond acceptors (Lipinski definition) is 6. The predicted octanol–water partition coefficient (Wildman–Crippen LogP) is 3.94. The molecule has 3 aromatic rings. The third-order valence-corrected chi connectivity index (χ3v) is 5.93. The Labute approximate surface area is 169 Å². The Hall–Kier alpha value is -2.82. The van der Waals surface area contributed by atoms with Crippen molar-refractivity contribution in [2.24, 2.45) is 7.05 Å². The number of aromatic nitrogens is 3. The molecule has 1 saturated heterocycles. The van der Waals surface area contributed by atoms with Crippen molar-refractivity contribution >= 4 is 17.8 Å². The van der Waals surface area contributed by atoms with Gasteiger partial charge in [0, 0.05) is 49.0 Å². The van der Waals surface area contributed by atoms with E-state index in [9.17, 15) is 0 Å². The third-order valence-electron chi connectivity index (χ3n) is 4.82. The molecule has 1 N–H and O–H groups in total. The number of aryl methyl sites for hydroxylation is 1. The fourth-order valence-electron chi connectivity index (χ4n) is 3.31. The van der Waals surface area contributed by atoms with Gasteiger partial charge in [-0.05, 0) is 54.6 Å². The van der Waals surface area contributed by atoms with E-state index in [1.807, 2.05) is 42.1 Å². The summed E-state index contributed by atoms with van der Waals surface area (Å²) in [4.78, 5) is 5.57. The van der Waals surface area contributed by atoms with E-state index >= 15 is 0 Å². The van der Waals surface area contributed by atoms with Crippen molar-refractivity contribution in [3.05, 3.63) is 60.6 Å². The molecule has 0 radical (unpaired) electrons. The van der Waals surface area contributed by atoms with Gasteiger partial charge in [0.1, 0.15) is 5.82 Å². The highest BCUT2D eigenvalue weighted by Gasteiger charge is 2.20. The van der Waals surface area contributed by atoms with Crippen LogP contribution in [-0.4, -0.2) is 38.2 Å². The standard InChI is InChI=1S/C21H22N6S/c1-26-15-18(14-24-26)17-2-4-20(5-3-17)28-27-10-7-19(8-11-27)25-21-12-16(13-22)6-9-23-21/h2-6,9,12,14-15,19H,7-8,10-11H2,1H3,(H,23,25). The second-order valence-corrected chi connectivity index (χ2v) is 8.08. The summed E-state index contributed by atoms with van der Waals surface area (Å²) in [6.45, 7) is 2.04. The van der Waals surface area contributed by atoms with Gasteiger partial charge >= 0.3 is 0 Å². The second kappa shape index (κ2) is 8.46. The maximum Gasteiger partial charge on any atom is 0.127 e.